The highest BCUT2D eigenvalue weighted by Gasteiger charge is 2.37. The molecule has 1 heterocycles. The first-order valence-corrected chi connectivity index (χ1v) is 8.38. The van der Waals surface area contributed by atoms with E-state index in [9.17, 15) is 4.79 Å². The van der Waals surface area contributed by atoms with Gasteiger partial charge in [0, 0.05) is 38.4 Å². The molecule has 0 aromatic heterocycles. The number of nitrogens with two attached hydrogens (primary N) is 1. The maximum Gasteiger partial charge on any atom is 0.230 e. The summed E-state index contributed by atoms with van der Waals surface area (Å²) < 4.78 is 0. The Labute approximate surface area is 158 Å². The van der Waals surface area contributed by atoms with Gasteiger partial charge in [-0.25, -0.2) is 0 Å². The molecule has 24 heavy (non-hydrogen) atoms. The maximum absolute atomic E-state index is 12.9. The van der Waals surface area contributed by atoms with Gasteiger partial charge in [-0.05, 0) is 31.4 Å². The third-order valence-corrected chi connectivity index (χ3v) is 5.22. The van der Waals surface area contributed by atoms with Gasteiger partial charge in [0.15, 0.2) is 0 Å². The molecule has 0 aliphatic carbocycles. The molecule has 1 saturated heterocycles. The van der Waals surface area contributed by atoms with Crippen LogP contribution in [0.3, 0.4) is 0 Å². The van der Waals surface area contributed by atoms with Crippen LogP contribution in [0.25, 0.3) is 0 Å². The molecule has 0 unspecified atom stereocenters. The lowest BCUT2D eigenvalue weighted by atomic mass is 9.81. The summed E-state index contributed by atoms with van der Waals surface area (Å²) in [6, 6.07) is 8.44. The van der Waals surface area contributed by atoms with E-state index in [0.29, 0.717) is 6.54 Å². The molecule has 0 saturated carbocycles. The third kappa shape index (κ3) is 4.56. The lowest BCUT2D eigenvalue weighted by Gasteiger charge is -2.41. The van der Waals surface area contributed by atoms with Crippen molar-refractivity contribution in [3.8, 4) is 0 Å². The van der Waals surface area contributed by atoms with E-state index in [1.54, 1.807) is 0 Å². The fraction of sp³-hybridized carbons (Fsp3) is 0.611. The highest BCUT2D eigenvalue weighted by molar-refractivity contribution is 5.85. The van der Waals surface area contributed by atoms with Gasteiger partial charge >= 0.3 is 0 Å². The van der Waals surface area contributed by atoms with Crippen LogP contribution in [0.4, 0.5) is 5.69 Å². The van der Waals surface area contributed by atoms with Crippen molar-refractivity contribution in [2.45, 2.75) is 33.6 Å². The first-order chi connectivity index (χ1) is 10.6. The Balaban J connectivity index is 0.00000264. The van der Waals surface area contributed by atoms with Gasteiger partial charge in [0.05, 0.1) is 5.41 Å². The minimum absolute atomic E-state index is 0. The van der Waals surface area contributed by atoms with Gasteiger partial charge in [0.25, 0.3) is 0 Å². The van der Waals surface area contributed by atoms with E-state index < -0.39 is 0 Å². The van der Waals surface area contributed by atoms with E-state index in [1.807, 2.05) is 4.90 Å². The summed E-state index contributed by atoms with van der Waals surface area (Å²) in [5.74, 6) is 0.240. The molecule has 0 atom stereocenters. The van der Waals surface area contributed by atoms with Gasteiger partial charge in [-0.15, -0.1) is 24.8 Å². The maximum atomic E-state index is 12.9. The molecular formula is C18H31Cl2N3O. The first kappa shape index (κ1) is 23.0. The molecule has 1 aromatic rings. The minimum atomic E-state index is -0.370. The summed E-state index contributed by atoms with van der Waals surface area (Å²) in [5.41, 5.74) is 8.12. The number of rotatable bonds is 5. The number of carbonyl (C=O) groups is 1. The van der Waals surface area contributed by atoms with E-state index in [1.165, 1.54) is 11.3 Å². The lowest BCUT2D eigenvalue weighted by Crippen LogP contribution is -2.55. The monoisotopic (exact) mass is 375 g/mol. The molecule has 0 radical (unpaired) electrons. The molecule has 0 spiro atoms. The number of hydrogen-bond acceptors (Lipinski definition) is 3. The number of para-hydroxylation sites is 1. The summed E-state index contributed by atoms with van der Waals surface area (Å²) in [7, 11) is 0. The average Bonchev–Trinajstić information content (AvgIpc) is 2.57. The van der Waals surface area contributed by atoms with Gasteiger partial charge in [-0.2, -0.15) is 0 Å². The largest absolute Gasteiger partial charge is 0.368 e. The quantitative estimate of drug-likeness (QED) is 0.858. The zero-order chi connectivity index (χ0) is 16.2. The summed E-state index contributed by atoms with van der Waals surface area (Å²) in [6.07, 6.45) is 1.63. The standard InChI is InChI=1S/C18H29N3O.2ClH/c1-4-18(5-2,14-19)17(22)21-12-10-20(11-13-21)16-9-7-6-8-15(16)3;;/h6-9H,4-5,10-14,19H2,1-3H3;2*1H. The van der Waals surface area contributed by atoms with Gasteiger partial charge in [0.1, 0.15) is 0 Å². The predicted molar refractivity (Wildman–Crippen MR) is 107 cm³/mol. The Hall–Kier alpha value is -0.970. The highest BCUT2D eigenvalue weighted by Crippen LogP contribution is 2.29. The van der Waals surface area contributed by atoms with Crippen molar-refractivity contribution >= 4 is 36.4 Å². The molecule has 1 aliphatic heterocycles. The second-order valence-corrected chi connectivity index (χ2v) is 6.26. The highest BCUT2D eigenvalue weighted by atomic mass is 35.5. The van der Waals surface area contributed by atoms with Crippen molar-refractivity contribution in [3.63, 3.8) is 0 Å². The van der Waals surface area contributed by atoms with Crippen molar-refractivity contribution in [3.05, 3.63) is 29.8 Å². The Bertz CT molecular complexity index is 504. The molecule has 1 amide bonds. The first-order valence-electron chi connectivity index (χ1n) is 8.38. The van der Waals surface area contributed by atoms with Gasteiger partial charge < -0.3 is 15.5 Å². The molecular weight excluding hydrogens is 345 g/mol. The predicted octanol–water partition coefficient (Wildman–Crippen LogP) is 3.25. The molecule has 6 heteroatoms. The third-order valence-electron chi connectivity index (χ3n) is 5.22. The Morgan fingerprint density at radius 2 is 1.62 bits per heavy atom. The second kappa shape index (κ2) is 10.1. The number of benzene rings is 1. The Morgan fingerprint density at radius 1 is 1.08 bits per heavy atom. The number of aryl methyl sites for hydroxylation is 1. The van der Waals surface area contributed by atoms with Crippen LogP contribution in [0.1, 0.15) is 32.3 Å². The number of amides is 1. The Kier molecular flexibility index (Phi) is 9.71. The average molecular weight is 376 g/mol. The molecule has 1 aromatic carbocycles. The molecule has 1 fully saturated rings. The topological polar surface area (TPSA) is 49.6 Å². The van der Waals surface area contributed by atoms with E-state index in [-0.39, 0.29) is 36.1 Å². The summed E-state index contributed by atoms with van der Waals surface area (Å²) in [5, 5.41) is 0. The molecule has 2 N–H and O–H groups in total. The normalized spacial score (nSPS) is 14.7. The smallest absolute Gasteiger partial charge is 0.230 e. The van der Waals surface area contributed by atoms with Crippen LogP contribution in [-0.2, 0) is 4.79 Å². The van der Waals surface area contributed by atoms with Crippen LogP contribution < -0.4 is 10.6 Å². The molecule has 138 valence electrons. The van der Waals surface area contributed by atoms with Crippen LogP contribution in [0.5, 0.6) is 0 Å². The Morgan fingerprint density at radius 3 is 2.08 bits per heavy atom. The van der Waals surface area contributed by atoms with E-state index in [4.69, 9.17) is 5.73 Å². The minimum Gasteiger partial charge on any atom is -0.368 e. The number of piperazine rings is 1. The number of hydrogen-bond donors (Lipinski definition) is 1. The van der Waals surface area contributed by atoms with E-state index >= 15 is 0 Å². The van der Waals surface area contributed by atoms with Gasteiger partial charge in [-0.1, -0.05) is 32.0 Å². The van der Waals surface area contributed by atoms with E-state index in [2.05, 4.69) is 49.9 Å². The zero-order valence-electron chi connectivity index (χ0n) is 15.0. The fourth-order valence-corrected chi connectivity index (χ4v) is 3.33. The number of nitrogens with zero attached hydrogens (tertiary/aromatic N) is 2. The van der Waals surface area contributed by atoms with E-state index in [0.717, 1.165) is 39.0 Å². The molecule has 0 bridgehead atoms. The molecule has 2 rings (SSSR count). The van der Waals surface area contributed by atoms with Crippen molar-refractivity contribution in [1.29, 1.82) is 0 Å². The van der Waals surface area contributed by atoms with Crippen LogP contribution in [0, 0.1) is 12.3 Å². The number of halogens is 2. The fourth-order valence-electron chi connectivity index (χ4n) is 3.33. The van der Waals surface area contributed by atoms with Crippen LogP contribution >= 0.6 is 24.8 Å². The van der Waals surface area contributed by atoms with Crippen molar-refractivity contribution in [1.82, 2.24) is 4.90 Å². The zero-order valence-corrected chi connectivity index (χ0v) is 16.6. The molecule has 1 aliphatic rings. The summed E-state index contributed by atoms with van der Waals surface area (Å²) in [6.45, 7) is 10.1. The SMILES string of the molecule is CCC(CC)(CN)C(=O)N1CCN(c2ccccc2C)CC1.Cl.Cl. The summed E-state index contributed by atoms with van der Waals surface area (Å²) in [4.78, 5) is 17.2. The van der Waals surface area contributed by atoms with Crippen molar-refractivity contribution in [2.24, 2.45) is 11.1 Å². The molecule has 4 nitrogen and oxygen atoms in total. The van der Waals surface area contributed by atoms with Crippen molar-refractivity contribution < 1.29 is 4.79 Å². The van der Waals surface area contributed by atoms with Gasteiger partial charge in [-0.3, -0.25) is 4.79 Å². The van der Waals surface area contributed by atoms with Crippen molar-refractivity contribution in [2.75, 3.05) is 37.6 Å². The van der Waals surface area contributed by atoms with Gasteiger partial charge in [0.2, 0.25) is 5.91 Å². The summed E-state index contributed by atoms with van der Waals surface area (Å²) >= 11 is 0. The second-order valence-electron chi connectivity index (χ2n) is 6.26. The lowest BCUT2D eigenvalue weighted by molar-refractivity contribution is -0.142. The van der Waals surface area contributed by atoms with Crippen LogP contribution in [-0.4, -0.2) is 43.5 Å². The van der Waals surface area contributed by atoms with Crippen LogP contribution in [0.2, 0.25) is 0 Å². The number of carbonyl (C=O) groups excluding carboxylic acids is 1. The number of anilines is 1. The van der Waals surface area contributed by atoms with Crippen LogP contribution in [0.15, 0.2) is 24.3 Å².